The first-order chi connectivity index (χ1) is 7.54. The number of amides is 1. The summed E-state index contributed by atoms with van der Waals surface area (Å²) in [5.74, 6) is 0. The molecular weight excluding hydrogens is 224 g/mol. The quantitative estimate of drug-likeness (QED) is 0.313. The summed E-state index contributed by atoms with van der Waals surface area (Å²) in [4.78, 5) is 50.8. The maximum Gasteiger partial charge on any atom is 0.453 e. The molecule has 4 N–H and O–H groups in total. The van der Waals surface area contributed by atoms with E-state index in [1.807, 2.05) is 0 Å². The van der Waals surface area contributed by atoms with Gasteiger partial charge in [-0.15, -0.1) is 5.10 Å². The molecular formula is C5H4N6O5. The standard InChI is InChI=1S/C5H4N6O5/c6-1-7-10-5(15)16-11-3(13)8-2(12)9-4(11)14/h6H,(H,10,15)(H2,8,9,12,13,14). The fourth-order valence-electron chi connectivity index (χ4n) is 0.679. The Morgan fingerprint density at radius 1 is 1.38 bits per heavy atom. The third-order valence-electron chi connectivity index (χ3n) is 1.19. The van der Waals surface area contributed by atoms with Gasteiger partial charge < -0.3 is 4.84 Å². The van der Waals surface area contributed by atoms with Crippen molar-refractivity contribution in [2.24, 2.45) is 5.10 Å². The molecule has 11 nitrogen and oxygen atoms in total. The van der Waals surface area contributed by atoms with Crippen molar-refractivity contribution in [1.82, 2.24) is 20.1 Å². The molecule has 1 aromatic rings. The highest BCUT2D eigenvalue weighted by atomic mass is 16.7. The van der Waals surface area contributed by atoms with Crippen molar-refractivity contribution < 1.29 is 9.63 Å². The summed E-state index contributed by atoms with van der Waals surface area (Å²) in [5, 5.41) is 9.15. The minimum atomic E-state index is -1.31. The molecule has 0 bridgehead atoms. The van der Waals surface area contributed by atoms with Gasteiger partial charge in [0, 0.05) is 0 Å². The Labute approximate surface area is 84.8 Å². The molecule has 11 heteroatoms. The van der Waals surface area contributed by atoms with Gasteiger partial charge in [-0.2, -0.15) is 0 Å². The number of hydrazone groups is 1. The van der Waals surface area contributed by atoms with E-state index in [-0.39, 0.29) is 4.73 Å². The fourth-order valence-corrected chi connectivity index (χ4v) is 0.679. The van der Waals surface area contributed by atoms with E-state index in [0.717, 1.165) is 0 Å². The van der Waals surface area contributed by atoms with Gasteiger partial charge in [-0.25, -0.2) is 30.0 Å². The first kappa shape index (κ1) is 11.1. The molecule has 1 rings (SSSR count). The average Bonchev–Trinajstić information content (AvgIpc) is 2.20. The van der Waals surface area contributed by atoms with Crippen LogP contribution in [-0.4, -0.2) is 26.8 Å². The molecule has 0 unspecified atom stereocenters. The van der Waals surface area contributed by atoms with Crippen molar-refractivity contribution in [3.05, 3.63) is 31.5 Å². The Hall–Kier alpha value is -2.94. The summed E-state index contributed by atoms with van der Waals surface area (Å²) >= 11 is 0. The van der Waals surface area contributed by atoms with Crippen molar-refractivity contribution in [2.45, 2.75) is 0 Å². The van der Waals surface area contributed by atoms with Crippen molar-refractivity contribution in [2.75, 3.05) is 0 Å². The van der Waals surface area contributed by atoms with E-state index in [2.05, 4.69) is 9.94 Å². The Kier molecular flexibility index (Phi) is 3.15. The maximum absolute atomic E-state index is 11.0. The van der Waals surface area contributed by atoms with Crippen molar-refractivity contribution in [1.29, 1.82) is 5.41 Å². The second-order valence-corrected chi connectivity index (χ2v) is 2.20. The molecule has 0 aliphatic heterocycles. The third kappa shape index (κ3) is 2.52. The van der Waals surface area contributed by atoms with Crippen molar-refractivity contribution in [3.8, 4) is 0 Å². The van der Waals surface area contributed by atoms with Gasteiger partial charge in [0.05, 0.1) is 0 Å². The predicted octanol–water partition coefficient (Wildman–Crippen LogP) is -2.97. The largest absolute Gasteiger partial charge is 0.453 e. The predicted molar refractivity (Wildman–Crippen MR) is 47.2 cm³/mol. The van der Waals surface area contributed by atoms with Crippen LogP contribution in [0.25, 0.3) is 0 Å². The lowest BCUT2D eigenvalue weighted by molar-refractivity contribution is 0.119. The Balaban J connectivity index is 3.03. The molecule has 0 aliphatic rings. The van der Waals surface area contributed by atoms with E-state index in [0.29, 0.717) is 0 Å². The highest BCUT2D eigenvalue weighted by molar-refractivity contribution is 5.67. The highest BCUT2D eigenvalue weighted by Gasteiger charge is 2.08. The van der Waals surface area contributed by atoms with E-state index in [9.17, 15) is 19.2 Å². The lowest BCUT2D eigenvalue weighted by Crippen LogP contribution is -2.49. The highest BCUT2D eigenvalue weighted by Crippen LogP contribution is 1.66. The number of hydrogen-bond donors (Lipinski definition) is 4. The summed E-state index contributed by atoms with van der Waals surface area (Å²) in [6.07, 6.45) is -1.31. The summed E-state index contributed by atoms with van der Waals surface area (Å²) in [7, 11) is 0. The van der Waals surface area contributed by atoms with Gasteiger partial charge >= 0.3 is 23.2 Å². The number of nitrogens with zero attached hydrogens (tertiary/aromatic N) is 2. The summed E-state index contributed by atoms with van der Waals surface area (Å²) in [5.41, 5.74) is -1.89. The van der Waals surface area contributed by atoms with Crippen LogP contribution in [0.5, 0.6) is 0 Å². The molecule has 0 saturated heterocycles. The zero-order chi connectivity index (χ0) is 12.1. The van der Waals surface area contributed by atoms with E-state index in [4.69, 9.17) is 5.41 Å². The Bertz CT molecular complexity index is 581. The maximum atomic E-state index is 11.0. The second kappa shape index (κ2) is 4.52. The van der Waals surface area contributed by atoms with E-state index >= 15 is 0 Å². The number of carbonyl (C=O) groups is 1. The van der Waals surface area contributed by atoms with Crippen molar-refractivity contribution >= 4 is 12.1 Å². The normalized spacial score (nSPS) is 9.00. The molecule has 0 radical (unpaired) electrons. The van der Waals surface area contributed by atoms with Crippen LogP contribution >= 0.6 is 0 Å². The monoisotopic (exact) mass is 228 g/mol. The van der Waals surface area contributed by atoms with Crippen molar-refractivity contribution in [3.63, 3.8) is 0 Å². The average molecular weight is 228 g/mol. The Morgan fingerprint density at radius 3 is 2.44 bits per heavy atom. The molecule has 0 saturated carbocycles. The molecule has 1 aromatic heterocycles. The number of rotatable bonds is 2. The van der Waals surface area contributed by atoms with Crippen LogP contribution in [0.1, 0.15) is 0 Å². The molecule has 0 fully saturated rings. The third-order valence-corrected chi connectivity index (χ3v) is 1.19. The van der Waals surface area contributed by atoms with Crippen LogP contribution in [0.4, 0.5) is 4.79 Å². The lowest BCUT2D eigenvalue weighted by atomic mass is 11.0. The molecule has 0 aliphatic carbocycles. The minimum absolute atomic E-state index is 0.0315. The van der Waals surface area contributed by atoms with E-state index < -0.39 is 23.2 Å². The van der Waals surface area contributed by atoms with Crippen LogP contribution in [-0.2, 0) is 0 Å². The van der Waals surface area contributed by atoms with Gasteiger partial charge in [-0.1, -0.05) is 4.73 Å². The molecule has 0 atom stereocenters. The summed E-state index contributed by atoms with van der Waals surface area (Å²) in [6, 6.07) is 1.45. The van der Waals surface area contributed by atoms with Crippen LogP contribution in [0.15, 0.2) is 19.5 Å². The first-order valence-corrected chi connectivity index (χ1v) is 3.60. The van der Waals surface area contributed by atoms with Crippen LogP contribution in [0.3, 0.4) is 0 Å². The first-order valence-electron chi connectivity index (χ1n) is 3.60. The summed E-state index contributed by atoms with van der Waals surface area (Å²) in [6.45, 7) is 0. The fraction of sp³-hybridized carbons (Fsp3) is 0. The van der Waals surface area contributed by atoms with Crippen LogP contribution < -0.4 is 27.3 Å². The summed E-state index contributed by atoms with van der Waals surface area (Å²) < 4.78 is -0.0315. The SMILES string of the molecule is N=C=NNC(=O)On1c(=O)[nH]c(=O)[nH]c1=O. The number of aromatic amines is 2. The number of H-pyrrole nitrogens is 2. The van der Waals surface area contributed by atoms with Gasteiger partial charge in [0.1, 0.15) is 6.01 Å². The minimum Gasteiger partial charge on any atom is -0.306 e. The zero-order valence-electron chi connectivity index (χ0n) is 7.44. The molecule has 84 valence electrons. The van der Waals surface area contributed by atoms with Gasteiger partial charge in [0.15, 0.2) is 0 Å². The Morgan fingerprint density at radius 2 is 1.94 bits per heavy atom. The number of aromatic nitrogens is 3. The number of nitrogens with one attached hydrogen (secondary N) is 4. The second-order valence-electron chi connectivity index (χ2n) is 2.20. The molecule has 1 heterocycles. The number of hydrogen-bond acceptors (Lipinski definition) is 7. The van der Waals surface area contributed by atoms with Crippen LogP contribution in [0.2, 0.25) is 0 Å². The van der Waals surface area contributed by atoms with Gasteiger partial charge in [0.25, 0.3) is 0 Å². The van der Waals surface area contributed by atoms with Gasteiger partial charge in [-0.3, -0.25) is 9.97 Å². The topological polar surface area (TPSA) is 162 Å². The molecule has 16 heavy (non-hydrogen) atoms. The number of carbonyl (C=O) groups excluding carboxylic acids is 1. The molecule has 0 aromatic carbocycles. The van der Waals surface area contributed by atoms with Gasteiger partial charge in [-0.05, 0) is 0 Å². The zero-order valence-corrected chi connectivity index (χ0v) is 7.44. The molecule has 1 amide bonds. The van der Waals surface area contributed by atoms with Crippen LogP contribution in [0, 0.1) is 5.41 Å². The van der Waals surface area contributed by atoms with Gasteiger partial charge in [0.2, 0.25) is 0 Å². The smallest absolute Gasteiger partial charge is 0.306 e. The van der Waals surface area contributed by atoms with E-state index in [1.54, 1.807) is 15.4 Å². The lowest BCUT2D eigenvalue weighted by Gasteiger charge is -2.01. The van der Waals surface area contributed by atoms with E-state index in [1.165, 1.54) is 6.01 Å². The molecule has 0 spiro atoms.